The van der Waals surface area contributed by atoms with E-state index in [0.717, 1.165) is 24.4 Å². The summed E-state index contributed by atoms with van der Waals surface area (Å²) in [5.41, 5.74) is 5.36. The van der Waals surface area contributed by atoms with Gasteiger partial charge in [-0.1, -0.05) is 78.4 Å². The van der Waals surface area contributed by atoms with E-state index in [0.29, 0.717) is 0 Å². The molecular weight excluding hydrogens is 344 g/mol. The summed E-state index contributed by atoms with van der Waals surface area (Å²) >= 11 is 0. The number of rotatable bonds is 5. The van der Waals surface area contributed by atoms with Gasteiger partial charge in [0.15, 0.2) is 0 Å². The Morgan fingerprint density at radius 2 is 1.18 bits per heavy atom. The van der Waals surface area contributed by atoms with Crippen LogP contribution in [-0.4, -0.2) is 13.9 Å². The molecule has 138 valence electrons. The summed E-state index contributed by atoms with van der Waals surface area (Å²) in [4.78, 5) is 4.61. The molecule has 0 N–H and O–H groups in total. The summed E-state index contributed by atoms with van der Waals surface area (Å²) < 4.78 is 4.27. The quantitative estimate of drug-likeness (QED) is 0.365. The Morgan fingerprint density at radius 3 is 1.68 bits per heavy atom. The first-order valence-corrected chi connectivity index (χ1v) is 9.43. The molecule has 0 aliphatic rings. The van der Waals surface area contributed by atoms with E-state index >= 15 is 0 Å². The number of hydrogen-bond donors (Lipinski definition) is 0. The first-order valence-electron chi connectivity index (χ1n) is 9.43. The zero-order chi connectivity index (χ0) is 19.2. The van der Waals surface area contributed by atoms with Gasteiger partial charge in [0.05, 0.1) is 25.5 Å². The van der Waals surface area contributed by atoms with Crippen molar-refractivity contribution in [1.82, 2.24) is 9.13 Å². The predicted octanol–water partition coefficient (Wildman–Crippen LogP) is 4.59. The van der Waals surface area contributed by atoms with Crippen LogP contribution in [-0.2, 0) is 13.1 Å². The number of hydrogen-bond acceptors (Lipinski definition) is 1. The highest BCUT2D eigenvalue weighted by molar-refractivity contribution is 5.37. The molecule has 4 nitrogen and oxygen atoms in total. The molecule has 0 saturated carbocycles. The highest BCUT2D eigenvalue weighted by Gasteiger charge is 2.12. The number of benzene rings is 3. The molecule has 0 radical (unpaired) electrons. The maximum Gasteiger partial charge on any atom is 0.479 e. The highest BCUT2D eigenvalue weighted by Crippen LogP contribution is 2.10. The minimum atomic E-state index is 0.755. The molecule has 4 aromatic rings. The fraction of sp³-hybridized carbons (Fsp3) is 0.125. The predicted molar refractivity (Wildman–Crippen MR) is 110 cm³/mol. The van der Waals surface area contributed by atoms with Gasteiger partial charge in [-0.15, -0.1) is 4.79 Å². The van der Waals surface area contributed by atoms with Gasteiger partial charge in [-0.2, -0.15) is 0 Å². The van der Waals surface area contributed by atoms with Crippen LogP contribution >= 0.6 is 0 Å². The molecule has 0 unspecified atom stereocenters. The maximum atomic E-state index is 4.61. The Morgan fingerprint density at radius 1 is 0.679 bits per heavy atom. The first-order chi connectivity index (χ1) is 13.8. The third-order valence-corrected chi connectivity index (χ3v) is 4.62. The van der Waals surface area contributed by atoms with Crippen molar-refractivity contribution in [3.8, 4) is 0 Å². The van der Waals surface area contributed by atoms with E-state index in [1.165, 1.54) is 16.7 Å². The van der Waals surface area contributed by atoms with E-state index in [9.17, 15) is 0 Å². The van der Waals surface area contributed by atoms with Crippen molar-refractivity contribution in [3.63, 3.8) is 0 Å². The molecule has 0 amide bonds. The molecule has 4 rings (SSSR count). The highest BCUT2D eigenvalue weighted by atomic mass is 15.2. The molecule has 0 atom stereocenters. The van der Waals surface area contributed by atoms with E-state index in [4.69, 9.17) is 0 Å². The Bertz CT molecular complexity index is 1070. The van der Waals surface area contributed by atoms with E-state index in [1.807, 2.05) is 24.3 Å². The SMILES string of the molecule is Cc1ccc(N=[N+]=c2n(Cc3ccccc3)ccn2Cc2ccccc2)cc1. The van der Waals surface area contributed by atoms with Crippen LogP contribution in [0.3, 0.4) is 0 Å². The lowest BCUT2D eigenvalue weighted by Gasteiger charge is -1.99. The summed E-state index contributed by atoms with van der Waals surface area (Å²) in [7, 11) is 0. The van der Waals surface area contributed by atoms with Crippen LogP contribution in [0, 0.1) is 6.92 Å². The molecular formula is C24H23N4+. The molecule has 0 saturated heterocycles. The summed E-state index contributed by atoms with van der Waals surface area (Å²) in [5.74, 6) is 0. The van der Waals surface area contributed by atoms with Gasteiger partial charge >= 0.3 is 5.62 Å². The van der Waals surface area contributed by atoms with Crippen LogP contribution in [0.4, 0.5) is 5.69 Å². The summed E-state index contributed by atoms with van der Waals surface area (Å²) in [6.45, 7) is 3.58. The monoisotopic (exact) mass is 367 g/mol. The van der Waals surface area contributed by atoms with Crippen LogP contribution in [0.5, 0.6) is 0 Å². The van der Waals surface area contributed by atoms with E-state index < -0.39 is 0 Å². The average Bonchev–Trinajstić information content (AvgIpc) is 3.10. The summed E-state index contributed by atoms with van der Waals surface area (Å²) in [6.07, 6.45) is 4.14. The topological polar surface area (TPSA) is 36.3 Å². The number of aromatic nitrogens is 2. The van der Waals surface area contributed by atoms with Crippen LogP contribution in [0.2, 0.25) is 0 Å². The fourth-order valence-corrected chi connectivity index (χ4v) is 3.10. The van der Waals surface area contributed by atoms with Gasteiger partial charge in [-0.3, -0.25) is 0 Å². The summed E-state index contributed by atoms with van der Waals surface area (Å²) in [6, 6.07) is 28.9. The Balaban J connectivity index is 1.76. The van der Waals surface area contributed by atoms with Gasteiger partial charge in [0.25, 0.3) is 0 Å². The smallest absolute Gasteiger partial charge is 0.215 e. The largest absolute Gasteiger partial charge is 0.479 e. The molecule has 4 heteroatoms. The van der Waals surface area contributed by atoms with Crippen LogP contribution in [0.1, 0.15) is 16.7 Å². The third kappa shape index (κ3) is 4.37. The normalized spacial score (nSPS) is 10.5. The van der Waals surface area contributed by atoms with Crippen LogP contribution < -0.4 is 5.62 Å². The van der Waals surface area contributed by atoms with Crippen molar-refractivity contribution in [2.45, 2.75) is 20.0 Å². The second-order valence-corrected chi connectivity index (χ2v) is 6.86. The van der Waals surface area contributed by atoms with Crippen LogP contribution in [0.25, 0.3) is 0 Å². The molecule has 0 fully saturated rings. The Hall–Kier alpha value is -3.62. The molecule has 0 spiro atoms. The van der Waals surface area contributed by atoms with Crippen molar-refractivity contribution in [2.24, 2.45) is 5.11 Å². The minimum absolute atomic E-state index is 0.755. The van der Waals surface area contributed by atoms with Gasteiger partial charge in [0.1, 0.15) is 5.69 Å². The molecule has 3 aromatic carbocycles. The zero-order valence-electron chi connectivity index (χ0n) is 15.9. The van der Waals surface area contributed by atoms with E-state index in [-0.39, 0.29) is 0 Å². The van der Waals surface area contributed by atoms with Crippen molar-refractivity contribution in [1.29, 1.82) is 0 Å². The molecule has 0 aliphatic carbocycles. The van der Waals surface area contributed by atoms with Crippen molar-refractivity contribution < 1.29 is 4.79 Å². The molecule has 1 heterocycles. The number of imidazole rings is 1. The van der Waals surface area contributed by atoms with Gasteiger partial charge in [-0.25, -0.2) is 9.13 Å². The lowest BCUT2D eigenvalue weighted by Crippen LogP contribution is -2.28. The Labute approximate surface area is 164 Å². The van der Waals surface area contributed by atoms with Gasteiger partial charge in [0.2, 0.25) is 0 Å². The van der Waals surface area contributed by atoms with Gasteiger partial charge in [-0.05, 0) is 35.3 Å². The van der Waals surface area contributed by atoms with Crippen molar-refractivity contribution in [3.05, 3.63) is 120 Å². The fourth-order valence-electron chi connectivity index (χ4n) is 3.10. The van der Waals surface area contributed by atoms with Gasteiger partial charge < -0.3 is 0 Å². The first kappa shape index (κ1) is 17.8. The third-order valence-electron chi connectivity index (χ3n) is 4.62. The number of nitrogens with zero attached hydrogens (tertiary/aromatic N) is 4. The standard InChI is InChI=1S/C24H23N4/c1-20-12-14-23(15-13-20)25-26-24-27(18-21-8-4-2-5-9-21)16-17-28(24)19-22-10-6-3-7-11-22/h2-17H,18-19H2,1H3/q+1. The van der Waals surface area contributed by atoms with Crippen molar-refractivity contribution >= 4 is 5.69 Å². The number of aryl methyl sites for hydroxylation is 1. The second-order valence-electron chi connectivity index (χ2n) is 6.86. The van der Waals surface area contributed by atoms with E-state index in [1.54, 1.807) is 0 Å². The molecule has 28 heavy (non-hydrogen) atoms. The lowest BCUT2D eigenvalue weighted by atomic mass is 10.2. The van der Waals surface area contributed by atoms with E-state index in [2.05, 4.69) is 99.0 Å². The van der Waals surface area contributed by atoms with Gasteiger partial charge in [0, 0.05) is 0 Å². The second kappa shape index (κ2) is 8.38. The maximum absolute atomic E-state index is 4.61. The Kier molecular flexibility index (Phi) is 5.32. The lowest BCUT2D eigenvalue weighted by molar-refractivity contribution is -0.152. The minimum Gasteiger partial charge on any atom is -0.215 e. The summed E-state index contributed by atoms with van der Waals surface area (Å²) in [5, 5.41) is 4.48. The van der Waals surface area contributed by atoms with Crippen molar-refractivity contribution in [2.75, 3.05) is 0 Å². The molecule has 1 aromatic heterocycles. The van der Waals surface area contributed by atoms with Crippen LogP contribution in [0.15, 0.2) is 102 Å². The average molecular weight is 367 g/mol. The molecule has 0 aliphatic heterocycles. The molecule has 0 bridgehead atoms. The zero-order valence-corrected chi connectivity index (χ0v) is 15.9.